The molecule has 1 atom stereocenters. The zero-order valence-corrected chi connectivity index (χ0v) is 12.9. The Hall–Kier alpha value is -1.42. The third-order valence-electron chi connectivity index (χ3n) is 3.27. The van der Waals surface area contributed by atoms with Crippen molar-refractivity contribution in [2.24, 2.45) is 11.7 Å². The molecule has 0 bridgehead atoms. The Morgan fingerprint density at radius 3 is 2.58 bits per heavy atom. The Bertz CT molecular complexity index is 485. The molecule has 1 amide bonds. The predicted molar refractivity (Wildman–Crippen MR) is 83.4 cm³/mol. The Morgan fingerprint density at radius 1 is 1.42 bits per heavy atom. The van der Waals surface area contributed by atoms with E-state index in [4.69, 9.17) is 18.0 Å². The number of amides is 1. The van der Waals surface area contributed by atoms with Crippen molar-refractivity contribution in [2.75, 3.05) is 13.1 Å². The molecule has 104 valence electrons. The highest BCUT2D eigenvalue weighted by molar-refractivity contribution is 7.80. The molecule has 1 rings (SSSR count). The summed E-state index contributed by atoms with van der Waals surface area (Å²) >= 11 is 4.97. The van der Waals surface area contributed by atoms with Crippen molar-refractivity contribution in [3.8, 4) is 0 Å². The van der Waals surface area contributed by atoms with Gasteiger partial charge in [-0.25, -0.2) is 0 Å². The smallest absolute Gasteiger partial charge is 0.254 e. The minimum atomic E-state index is 0.0315. The van der Waals surface area contributed by atoms with Crippen LogP contribution < -0.4 is 5.73 Å². The molecule has 1 aromatic carbocycles. The highest BCUT2D eigenvalue weighted by atomic mass is 32.1. The van der Waals surface area contributed by atoms with Gasteiger partial charge in [-0.05, 0) is 32.4 Å². The lowest BCUT2D eigenvalue weighted by atomic mass is 10.0. The van der Waals surface area contributed by atoms with E-state index in [1.165, 1.54) is 0 Å². The number of rotatable bonds is 5. The van der Waals surface area contributed by atoms with Gasteiger partial charge in [0.25, 0.3) is 5.91 Å². The summed E-state index contributed by atoms with van der Waals surface area (Å²) in [6.45, 7) is 9.08. The van der Waals surface area contributed by atoms with E-state index in [9.17, 15) is 4.79 Å². The van der Waals surface area contributed by atoms with Crippen molar-refractivity contribution < 1.29 is 4.79 Å². The first kappa shape index (κ1) is 15.6. The van der Waals surface area contributed by atoms with Crippen LogP contribution in [0.4, 0.5) is 0 Å². The van der Waals surface area contributed by atoms with Gasteiger partial charge in [0.05, 0.1) is 4.99 Å². The van der Waals surface area contributed by atoms with Crippen LogP contribution in [0.3, 0.4) is 0 Å². The number of benzene rings is 1. The molecule has 0 aliphatic carbocycles. The minimum Gasteiger partial charge on any atom is -0.393 e. The summed E-state index contributed by atoms with van der Waals surface area (Å²) < 4.78 is 0. The minimum absolute atomic E-state index is 0.0315. The average Bonchev–Trinajstić information content (AvgIpc) is 2.37. The zero-order valence-electron chi connectivity index (χ0n) is 12.1. The number of thiocarbonyl (C=S) groups is 1. The molecule has 0 fully saturated rings. The average molecular weight is 278 g/mol. The van der Waals surface area contributed by atoms with Gasteiger partial charge in [0.1, 0.15) is 0 Å². The molecule has 0 aliphatic rings. The monoisotopic (exact) mass is 278 g/mol. The van der Waals surface area contributed by atoms with E-state index in [1.807, 2.05) is 45.9 Å². The van der Waals surface area contributed by atoms with E-state index in [1.54, 1.807) is 4.90 Å². The van der Waals surface area contributed by atoms with E-state index < -0.39 is 0 Å². The van der Waals surface area contributed by atoms with Crippen molar-refractivity contribution in [3.63, 3.8) is 0 Å². The standard InChI is InChI=1S/C15H22N2OS/c1-5-17(9-12(4)14(16)19)15(18)13-8-10(2)6-7-11(13)3/h6-8,12H,5,9H2,1-4H3,(H2,16,19). The summed E-state index contributed by atoms with van der Waals surface area (Å²) in [6.07, 6.45) is 0. The largest absolute Gasteiger partial charge is 0.393 e. The zero-order chi connectivity index (χ0) is 14.6. The number of hydrogen-bond acceptors (Lipinski definition) is 2. The maximum absolute atomic E-state index is 12.5. The van der Waals surface area contributed by atoms with E-state index in [-0.39, 0.29) is 11.8 Å². The molecule has 1 aromatic rings. The summed E-state index contributed by atoms with van der Waals surface area (Å²) in [5.41, 5.74) is 8.47. The molecule has 2 N–H and O–H groups in total. The first-order chi connectivity index (χ1) is 8.86. The van der Waals surface area contributed by atoms with Gasteiger partial charge in [-0.1, -0.05) is 36.8 Å². The lowest BCUT2D eigenvalue weighted by molar-refractivity contribution is 0.0754. The summed E-state index contributed by atoms with van der Waals surface area (Å²) in [6, 6.07) is 5.93. The molecule has 4 heteroatoms. The highest BCUT2D eigenvalue weighted by Crippen LogP contribution is 2.14. The second-order valence-corrected chi connectivity index (χ2v) is 5.44. The van der Waals surface area contributed by atoms with Crippen LogP contribution in [0.2, 0.25) is 0 Å². The number of aryl methyl sites for hydroxylation is 2. The first-order valence-corrected chi connectivity index (χ1v) is 6.93. The van der Waals surface area contributed by atoms with Gasteiger partial charge in [0, 0.05) is 24.6 Å². The van der Waals surface area contributed by atoms with Gasteiger partial charge in [-0.15, -0.1) is 0 Å². The van der Waals surface area contributed by atoms with Crippen LogP contribution in [0.1, 0.15) is 35.3 Å². The molecule has 3 nitrogen and oxygen atoms in total. The molecule has 0 radical (unpaired) electrons. The van der Waals surface area contributed by atoms with Gasteiger partial charge in [0.2, 0.25) is 0 Å². The lowest BCUT2D eigenvalue weighted by Gasteiger charge is -2.25. The quantitative estimate of drug-likeness (QED) is 0.842. The van der Waals surface area contributed by atoms with Crippen molar-refractivity contribution in [1.29, 1.82) is 0 Å². The van der Waals surface area contributed by atoms with E-state index >= 15 is 0 Å². The topological polar surface area (TPSA) is 46.3 Å². The fourth-order valence-corrected chi connectivity index (χ4v) is 1.99. The maximum Gasteiger partial charge on any atom is 0.254 e. The normalized spacial score (nSPS) is 12.0. The Balaban J connectivity index is 2.95. The number of hydrogen-bond donors (Lipinski definition) is 1. The van der Waals surface area contributed by atoms with Crippen LogP contribution in [-0.4, -0.2) is 28.9 Å². The molecular formula is C15H22N2OS. The second kappa shape index (κ2) is 6.66. The molecule has 0 spiro atoms. The Labute approximate surface area is 120 Å². The van der Waals surface area contributed by atoms with Crippen molar-refractivity contribution in [3.05, 3.63) is 34.9 Å². The van der Waals surface area contributed by atoms with Gasteiger partial charge in [-0.2, -0.15) is 0 Å². The summed E-state index contributed by atoms with van der Waals surface area (Å²) in [5, 5.41) is 0. The van der Waals surface area contributed by atoms with Crippen molar-refractivity contribution in [1.82, 2.24) is 4.90 Å². The summed E-state index contributed by atoms with van der Waals surface area (Å²) in [7, 11) is 0. The number of nitrogens with zero attached hydrogens (tertiary/aromatic N) is 1. The Morgan fingerprint density at radius 2 is 2.05 bits per heavy atom. The van der Waals surface area contributed by atoms with Crippen LogP contribution in [0.5, 0.6) is 0 Å². The molecular weight excluding hydrogens is 256 g/mol. The van der Waals surface area contributed by atoms with Gasteiger partial charge in [0.15, 0.2) is 0 Å². The fraction of sp³-hybridized carbons (Fsp3) is 0.467. The predicted octanol–water partition coefficient (Wildman–Crippen LogP) is 2.69. The first-order valence-electron chi connectivity index (χ1n) is 6.52. The van der Waals surface area contributed by atoms with E-state index in [2.05, 4.69) is 0 Å². The lowest BCUT2D eigenvalue weighted by Crippen LogP contribution is -2.38. The number of nitrogens with two attached hydrogens (primary N) is 1. The van der Waals surface area contributed by atoms with Crippen LogP contribution in [-0.2, 0) is 0 Å². The van der Waals surface area contributed by atoms with E-state index in [0.717, 1.165) is 16.7 Å². The highest BCUT2D eigenvalue weighted by Gasteiger charge is 2.19. The molecule has 19 heavy (non-hydrogen) atoms. The van der Waals surface area contributed by atoms with Crippen molar-refractivity contribution >= 4 is 23.1 Å². The maximum atomic E-state index is 12.5. The molecule has 0 saturated carbocycles. The Kier molecular flexibility index (Phi) is 5.48. The molecule has 0 heterocycles. The van der Waals surface area contributed by atoms with Crippen LogP contribution >= 0.6 is 12.2 Å². The molecule has 0 aromatic heterocycles. The third kappa shape index (κ3) is 4.03. The number of carbonyl (C=O) groups excluding carboxylic acids is 1. The summed E-state index contributed by atoms with van der Waals surface area (Å²) in [4.78, 5) is 14.8. The SMILES string of the molecule is CCN(CC(C)C(N)=S)C(=O)c1cc(C)ccc1C. The molecule has 0 aliphatic heterocycles. The summed E-state index contributed by atoms with van der Waals surface area (Å²) in [5.74, 6) is 0.0795. The van der Waals surface area contributed by atoms with Gasteiger partial charge in [-0.3, -0.25) is 4.79 Å². The molecule has 1 unspecified atom stereocenters. The number of carbonyl (C=O) groups is 1. The van der Waals surface area contributed by atoms with Crippen LogP contribution in [0.25, 0.3) is 0 Å². The van der Waals surface area contributed by atoms with Crippen LogP contribution in [0.15, 0.2) is 18.2 Å². The fourth-order valence-electron chi connectivity index (χ4n) is 1.91. The van der Waals surface area contributed by atoms with Crippen molar-refractivity contribution in [2.45, 2.75) is 27.7 Å². The van der Waals surface area contributed by atoms with Gasteiger partial charge >= 0.3 is 0 Å². The van der Waals surface area contributed by atoms with Crippen LogP contribution in [0, 0.1) is 19.8 Å². The van der Waals surface area contributed by atoms with Gasteiger partial charge < -0.3 is 10.6 Å². The molecule has 0 saturated heterocycles. The van der Waals surface area contributed by atoms with E-state index in [0.29, 0.717) is 18.1 Å². The second-order valence-electron chi connectivity index (χ2n) is 4.97. The third-order valence-corrected chi connectivity index (χ3v) is 3.67.